The van der Waals surface area contributed by atoms with Gasteiger partial charge in [0.15, 0.2) is 12.2 Å². The Kier molecular flexibility index (Phi) is 58.6. The van der Waals surface area contributed by atoms with Crippen molar-refractivity contribution in [1.82, 2.24) is 0 Å². The predicted octanol–water partition coefficient (Wildman–Crippen LogP) is 18.3. The van der Waals surface area contributed by atoms with Gasteiger partial charge in [0.05, 0.1) is 26.4 Å². The Morgan fingerprint density at radius 3 is 0.702 bits per heavy atom. The van der Waals surface area contributed by atoms with Crippen LogP contribution >= 0.6 is 15.6 Å². The van der Waals surface area contributed by atoms with E-state index in [1.807, 2.05) is 0 Å². The van der Waals surface area contributed by atoms with E-state index in [4.69, 9.17) is 37.0 Å². The van der Waals surface area contributed by atoms with Crippen LogP contribution in [0.5, 0.6) is 0 Å². The third kappa shape index (κ3) is 59.0. The number of hydrogen-bond acceptors (Lipinski definition) is 15. The number of esters is 4. The second-order valence-corrected chi connectivity index (χ2v) is 26.4. The van der Waals surface area contributed by atoms with Gasteiger partial charge in [0.1, 0.15) is 19.3 Å². The number of rotatable bonds is 66. The van der Waals surface area contributed by atoms with E-state index in [0.29, 0.717) is 25.7 Å². The highest BCUT2D eigenvalue weighted by atomic mass is 31.2. The lowest BCUT2D eigenvalue weighted by atomic mass is 10.0. The molecule has 0 bridgehead atoms. The average Bonchev–Trinajstić information content (AvgIpc) is 3.50. The van der Waals surface area contributed by atoms with E-state index in [-0.39, 0.29) is 25.7 Å². The van der Waals surface area contributed by atoms with Gasteiger partial charge < -0.3 is 33.8 Å². The molecule has 0 saturated heterocycles. The van der Waals surface area contributed by atoms with Crippen molar-refractivity contribution in [2.75, 3.05) is 39.6 Å². The number of aliphatic hydroxyl groups excluding tert-OH is 1. The summed E-state index contributed by atoms with van der Waals surface area (Å²) in [6.07, 6.45) is 45.7. The van der Waals surface area contributed by atoms with Gasteiger partial charge in [0.25, 0.3) is 0 Å². The Bertz CT molecular complexity index is 1620. The molecule has 0 rings (SSSR count). The fourth-order valence-electron chi connectivity index (χ4n) is 9.81. The Morgan fingerprint density at radius 1 is 0.286 bits per heavy atom. The van der Waals surface area contributed by atoms with Gasteiger partial charge in [0.2, 0.25) is 0 Å². The van der Waals surface area contributed by atoms with Crippen LogP contribution in [0.3, 0.4) is 0 Å². The summed E-state index contributed by atoms with van der Waals surface area (Å²) in [4.78, 5) is 72.2. The number of phosphoric acid groups is 2. The molecule has 84 heavy (non-hydrogen) atoms. The van der Waals surface area contributed by atoms with Crippen LogP contribution < -0.4 is 0 Å². The maximum Gasteiger partial charge on any atom is 0.472 e. The van der Waals surface area contributed by atoms with Crippen molar-refractivity contribution >= 4 is 39.5 Å². The summed E-state index contributed by atoms with van der Waals surface area (Å²) in [6, 6.07) is 0. The number of unbranched alkanes of at least 4 members (excludes halogenated alkanes) is 40. The van der Waals surface area contributed by atoms with Crippen LogP contribution in [0.1, 0.15) is 336 Å². The SMILES string of the molecule is CCCCCCCCCCCCCCCCC(=O)O[C@H](COC(=O)CCCCCCCCCCCCCCC)COP(=O)(O)OC[C@@H](O)COP(=O)(O)OC[C@@H](COC(=O)CCCCCCCCCC)OC(=O)CCCCCCCCCCC. The van der Waals surface area contributed by atoms with Crippen LogP contribution in [0.25, 0.3) is 0 Å². The van der Waals surface area contributed by atoms with Gasteiger partial charge in [-0.1, -0.05) is 285 Å². The van der Waals surface area contributed by atoms with Crippen LogP contribution in [0.2, 0.25) is 0 Å². The zero-order valence-corrected chi connectivity index (χ0v) is 55.7. The number of phosphoric ester groups is 2. The van der Waals surface area contributed by atoms with Gasteiger partial charge >= 0.3 is 39.5 Å². The van der Waals surface area contributed by atoms with E-state index in [1.54, 1.807) is 0 Å². The molecular formula is C65H126O17P2. The standard InChI is InChI=1S/C65H126O17P2/c1-5-9-13-17-21-25-27-29-31-33-36-40-44-48-52-65(70)82-61(56-76-63(68)50-46-42-38-35-32-30-28-26-22-18-14-10-6-2)58-80-84(73,74)78-54-59(66)53-77-83(71,72)79-57-60(55-75-62(67)49-45-41-37-24-20-16-12-8-4)81-64(69)51-47-43-39-34-23-19-15-11-7-3/h59-61,66H,5-58H2,1-4H3,(H,71,72)(H,73,74)/t59-,60+,61+/m0/s1. The topological polar surface area (TPSA) is 237 Å². The average molecular weight is 1240 g/mol. The van der Waals surface area contributed by atoms with E-state index >= 15 is 0 Å². The second-order valence-electron chi connectivity index (χ2n) is 23.5. The highest BCUT2D eigenvalue weighted by Crippen LogP contribution is 2.45. The van der Waals surface area contributed by atoms with Crippen LogP contribution in [0, 0.1) is 0 Å². The minimum Gasteiger partial charge on any atom is -0.462 e. The van der Waals surface area contributed by atoms with E-state index in [1.165, 1.54) is 161 Å². The molecule has 0 aromatic heterocycles. The molecule has 0 aliphatic heterocycles. The molecule has 0 fully saturated rings. The summed E-state index contributed by atoms with van der Waals surface area (Å²) in [5.74, 6) is -2.13. The van der Waals surface area contributed by atoms with E-state index in [2.05, 4.69) is 27.7 Å². The van der Waals surface area contributed by atoms with Crippen molar-refractivity contribution < 1.29 is 80.2 Å². The number of carbonyl (C=O) groups excluding carboxylic acids is 4. The zero-order chi connectivity index (χ0) is 61.9. The largest absolute Gasteiger partial charge is 0.472 e. The summed E-state index contributed by atoms with van der Waals surface area (Å²) in [6.45, 7) is 4.87. The maximum atomic E-state index is 13.0. The molecule has 0 radical (unpaired) electrons. The first kappa shape index (κ1) is 82.1. The molecule has 0 aromatic rings. The van der Waals surface area contributed by atoms with Crippen LogP contribution in [-0.4, -0.2) is 96.7 Å². The van der Waals surface area contributed by atoms with Crippen LogP contribution in [-0.2, 0) is 65.4 Å². The first-order valence-corrected chi connectivity index (χ1v) is 37.3. The van der Waals surface area contributed by atoms with Crippen LogP contribution in [0.4, 0.5) is 0 Å². The molecule has 0 heterocycles. The molecule has 3 N–H and O–H groups in total. The van der Waals surface area contributed by atoms with E-state index in [0.717, 1.165) is 96.3 Å². The highest BCUT2D eigenvalue weighted by Gasteiger charge is 2.30. The fraction of sp³-hybridized carbons (Fsp3) is 0.938. The minimum atomic E-state index is -4.94. The number of aliphatic hydroxyl groups is 1. The molecule has 0 spiro atoms. The summed E-state index contributed by atoms with van der Waals surface area (Å²) in [5, 5.41) is 10.5. The molecule has 0 amide bonds. The maximum absolute atomic E-state index is 13.0. The minimum absolute atomic E-state index is 0.106. The highest BCUT2D eigenvalue weighted by molar-refractivity contribution is 7.47. The molecular weight excluding hydrogens is 1110 g/mol. The third-order valence-electron chi connectivity index (χ3n) is 15.1. The predicted molar refractivity (Wildman–Crippen MR) is 335 cm³/mol. The summed E-state index contributed by atoms with van der Waals surface area (Å²) in [7, 11) is -9.88. The monoisotopic (exact) mass is 1240 g/mol. The molecule has 0 aliphatic carbocycles. The molecule has 2 unspecified atom stereocenters. The lowest BCUT2D eigenvalue weighted by molar-refractivity contribution is -0.161. The normalized spacial score (nSPS) is 14.1. The van der Waals surface area contributed by atoms with Gasteiger partial charge in [-0.2, -0.15) is 0 Å². The third-order valence-corrected chi connectivity index (χ3v) is 17.0. The number of carbonyl (C=O) groups is 4. The van der Waals surface area contributed by atoms with Gasteiger partial charge in [-0.25, -0.2) is 9.13 Å². The van der Waals surface area contributed by atoms with Gasteiger partial charge in [0, 0.05) is 25.7 Å². The van der Waals surface area contributed by atoms with E-state index < -0.39 is 97.5 Å². The molecule has 0 saturated carbocycles. The van der Waals surface area contributed by atoms with E-state index in [9.17, 15) is 43.2 Å². The Balaban J connectivity index is 5.21. The smallest absolute Gasteiger partial charge is 0.462 e. The lowest BCUT2D eigenvalue weighted by Crippen LogP contribution is -2.30. The molecule has 19 heteroatoms. The van der Waals surface area contributed by atoms with Crippen LogP contribution in [0.15, 0.2) is 0 Å². The summed E-state index contributed by atoms with van der Waals surface area (Å²) in [5.41, 5.74) is 0. The molecule has 0 aliphatic rings. The lowest BCUT2D eigenvalue weighted by Gasteiger charge is -2.21. The fourth-order valence-corrected chi connectivity index (χ4v) is 11.4. The second kappa shape index (κ2) is 60.0. The summed E-state index contributed by atoms with van der Waals surface area (Å²) < 4.78 is 68.0. The van der Waals surface area contributed by atoms with Crippen molar-refractivity contribution in [3.63, 3.8) is 0 Å². The Hall–Kier alpha value is -1.94. The molecule has 17 nitrogen and oxygen atoms in total. The molecule has 498 valence electrons. The van der Waals surface area contributed by atoms with Gasteiger partial charge in [-0.3, -0.25) is 37.3 Å². The first-order chi connectivity index (χ1) is 40.7. The molecule has 5 atom stereocenters. The summed E-state index contributed by atoms with van der Waals surface area (Å²) >= 11 is 0. The number of hydrogen-bond donors (Lipinski definition) is 3. The number of ether oxygens (including phenoxy) is 4. The van der Waals surface area contributed by atoms with Crippen molar-refractivity contribution in [3.05, 3.63) is 0 Å². The van der Waals surface area contributed by atoms with Crippen molar-refractivity contribution in [2.24, 2.45) is 0 Å². The van der Waals surface area contributed by atoms with Gasteiger partial charge in [-0.05, 0) is 25.7 Å². The first-order valence-electron chi connectivity index (χ1n) is 34.3. The van der Waals surface area contributed by atoms with Crippen molar-refractivity contribution in [3.8, 4) is 0 Å². The Morgan fingerprint density at radius 2 is 0.476 bits per heavy atom. The van der Waals surface area contributed by atoms with Gasteiger partial charge in [-0.15, -0.1) is 0 Å². The van der Waals surface area contributed by atoms with Crippen molar-refractivity contribution in [2.45, 2.75) is 354 Å². The quantitative estimate of drug-likeness (QED) is 0.0222. The zero-order valence-electron chi connectivity index (χ0n) is 53.9. The van der Waals surface area contributed by atoms with Crippen molar-refractivity contribution in [1.29, 1.82) is 0 Å². The molecule has 0 aromatic carbocycles. The Labute approximate surface area is 511 Å².